The van der Waals surface area contributed by atoms with Crippen molar-refractivity contribution >= 4 is 0 Å². The van der Waals surface area contributed by atoms with Crippen LogP contribution in [0.2, 0.25) is 0 Å². The van der Waals surface area contributed by atoms with Gasteiger partial charge >= 0.3 is 0 Å². The number of rotatable bonds is 10. The first-order chi connectivity index (χ1) is 15.0. The van der Waals surface area contributed by atoms with E-state index in [1.165, 1.54) is 49.0 Å². The minimum atomic E-state index is 1.10. The second kappa shape index (κ2) is 33.3. The van der Waals surface area contributed by atoms with E-state index in [0.29, 0.717) is 0 Å². The number of unbranched alkanes of at least 4 members (excludes halogenated alkanes) is 1. The normalized spacial score (nSPS) is 9.29. The van der Waals surface area contributed by atoms with Crippen molar-refractivity contribution in [3.05, 3.63) is 59.7 Å². The van der Waals surface area contributed by atoms with Gasteiger partial charge in [-0.05, 0) is 75.7 Å². The van der Waals surface area contributed by atoms with Crippen molar-refractivity contribution in [2.75, 3.05) is 13.1 Å². The molecule has 1 heteroatoms. The SMILES string of the molecule is C/C=C\CC.C=CCCC.CC.CC.CCCN(CCC)Cc1ccc(CC)c(C)c1. The molecule has 0 bridgehead atoms. The van der Waals surface area contributed by atoms with Crippen LogP contribution in [0.3, 0.4) is 0 Å². The summed E-state index contributed by atoms with van der Waals surface area (Å²) in [6.07, 6.45) is 13.3. The summed E-state index contributed by atoms with van der Waals surface area (Å²) < 4.78 is 0. The van der Waals surface area contributed by atoms with Crippen LogP contribution in [0.15, 0.2) is 43.0 Å². The highest BCUT2D eigenvalue weighted by Gasteiger charge is 2.05. The summed E-state index contributed by atoms with van der Waals surface area (Å²) in [4.78, 5) is 2.56. The van der Waals surface area contributed by atoms with Gasteiger partial charge in [0.05, 0.1) is 0 Å². The van der Waals surface area contributed by atoms with Crippen molar-refractivity contribution in [3.8, 4) is 0 Å². The third-order valence-electron chi connectivity index (χ3n) is 4.24. The van der Waals surface area contributed by atoms with Gasteiger partial charge in [-0.2, -0.15) is 0 Å². The van der Waals surface area contributed by atoms with Crippen molar-refractivity contribution in [2.45, 2.75) is 121 Å². The topological polar surface area (TPSA) is 3.24 Å². The molecule has 1 aromatic rings. The first-order valence-electron chi connectivity index (χ1n) is 13.1. The molecule has 0 aliphatic carbocycles. The molecule has 31 heavy (non-hydrogen) atoms. The van der Waals surface area contributed by atoms with E-state index in [0.717, 1.165) is 25.8 Å². The van der Waals surface area contributed by atoms with Crippen LogP contribution in [-0.2, 0) is 13.0 Å². The molecule has 0 radical (unpaired) electrons. The molecule has 0 aliphatic heterocycles. The number of aryl methyl sites for hydroxylation is 2. The number of hydrogen-bond donors (Lipinski definition) is 0. The van der Waals surface area contributed by atoms with Gasteiger partial charge in [0.1, 0.15) is 0 Å². The van der Waals surface area contributed by atoms with Gasteiger partial charge < -0.3 is 0 Å². The molecular formula is C30H59N. The van der Waals surface area contributed by atoms with Crippen LogP contribution in [0.1, 0.15) is 118 Å². The molecule has 0 fully saturated rings. The Morgan fingerprint density at radius 1 is 0.871 bits per heavy atom. The fourth-order valence-corrected chi connectivity index (χ4v) is 2.85. The zero-order valence-corrected chi connectivity index (χ0v) is 23.5. The molecule has 1 aromatic carbocycles. The summed E-state index contributed by atoms with van der Waals surface area (Å²) in [5.74, 6) is 0. The van der Waals surface area contributed by atoms with E-state index in [1.54, 1.807) is 0 Å². The molecule has 1 rings (SSSR count). The standard InChI is InChI=1S/C16H27N.2C5H10.2C2H6/c1-5-10-17(11-6-2)13-15-8-9-16(7-3)14(4)12-15;2*1-3-5-4-2;2*1-2/h8-9,12H,5-7,10-11,13H2,1-4H3;3,5H,4H2,1-2H3;3H,1,4-5H2,2H3;2*1-2H3/b;5-3-;;;. The molecule has 0 saturated heterocycles. The highest BCUT2D eigenvalue weighted by Crippen LogP contribution is 2.14. The first kappa shape index (κ1) is 37.0. The highest BCUT2D eigenvalue weighted by atomic mass is 15.1. The smallest absolute Gasteiger partial charge is 0.0233 e. The lowest BCUT2D eigenvalue weighted by atomic mass is 10.0. The van der Waals surface area contributed by atoms with E-state index in [9.17, 15) is 0 Å². The van der Waals surface area contributed by atoms with Gasteiger partial charge in [0.25, 0.3) is 0 Å². The number of allylic oxidation sites excluding steroid dienone is 3. The van der Waals surface area contributed by atoms with Crippen LogP contribution in [0, 0.1) is 6.92 Å². The lowest BCUT2D eigenvalue weighted by Gasteiger charge is -2.21. The quantitative estimate of drug-likeness (QED) is 0.332. The Bertz CT molecular complexity index is 467. The van der Waals surface area contributed by atoms with E-state index in [2.05, 4.69) is 83.4 Å². The summed E-state index contributed by atoms with van der Waals surface area (Å²) >= 11 is 0. The Kier molecular flexibility index (Phi) is 39.7. The van der Waals surface area contributed by atoms with Crippen LogP contribution in [-0.4, -0.2) is 18.0 Å². The highest BCUT2D eigenvalue weighted by molar-refractivity contribution is 5.31. The zero-order valence-electron chi connectivity index (χ0n) is 23.5. The van der Waals surface area contributed by atoms with Crippen LogP contribution in [0.5, 0.6) is 0 Å². The molecule has 0 saturated carbocycles. The van der Waals surface area contributed by atoms with Crippen LogP contribution in [0.4, 0.5) is 0 Å². The molecule has 0 unspecified atom stereocenters. The van der Waals surface area contributed by atoms with Gasteiger partial charge in [-0.15, -0.1) is 6.58 Å². The van der Waals surface area contributed by atoms with Crippen molar-refractivity contribution in [3.63, 3.8) is 0 Å². The molecule has 0 spiro atoms. The molecular weight excluding hydrogens is 374 g/mol. The Morgan fingerprint density at radius 3 is 1.68 bits per heavy atom. The molecule has 0 N–H and O–H groups in total. The van der Waals surface area contributed by atoms with E-state index in [1.807, 2.05) is 40.7 Å². The average Bonchev–Trinajstić information content (AvgIpc) is 2.79. The molecule has 184 valence electrons. The summed E-state index contributed by atoms with van der Waals surface area (Å²) in [5, 5.41) is 0. The van der Waals surface area contributed by atoms with E-state index in [4.69, 9.17) is 0 Å². The summed E-state index contributed by atoms with van der Waals surface area (Å²) in [6.45, 7) is 30.3. The largest absolute Gasteiger partial charge is 0.299 e. The van der Waals surface area contributed by atoms with Gasteiger partial charge in [0.2, 0.25) is 0 Å². The molecule has 0 aliphatic rings. The lowest BCUT2D eigenvalue weighted by Crippen LogP contribution is -2.24. The fourth-order valence-electron chi connectivity index (χ4n) is 2.85. The average molecular weight is 434 g/mol. The fraction of sp³-hybridized carbons (Fsp3) is 0.667. The Balaban J connectivity index is -0.000000215. The van der Waals surface area contributed by atoms with Crippen molar-refractivity contribution in [1.82, 2.24) is 4.90 Å². The summed E-state index contributed by atoms with van der Waals surface area (Å²) in [6, 6.07) is 6.95. The number of benzene rings is 1. The van der Waals surface area contributed by atoms with Crippen molar-refractivity contribution < 1.29 is 0 Å². The monoisotopic (exact) mass is 433 g/mol. The third-order valence-corrected chi connectivity index (χ3v) is 4.24. The second-order valence-corrected chi connectivity index (χ2v) is 6.95. The Labute approximate surface area is 199 Å². The van der Waals surface area contributed by atoms with Crippen LogP contribution < -0.4 is 0 Å². The number of hydrogen-bond acceptors (Lipinski definition) is 1. The molecule has 1 nitrogen and oxygen atoms in total. The number of nitrogens with zero attached hydrogens (tertiary/aromatic N) is 1. The van der Waals surface area contributed by atoms with Crippen molar-refractivity contribution in [2.24, 2.45) is 0 Å². The lowest BCUT2D eigenvalue weighted by molar-refractivity contribution is 0.266. The minimum Gasteiger partial charge on any atom is -0.299 e. The van der Waals surface area contributed by atoms with E-state index < -0.39 is 0 Å². The maximum absolute atomic E-state index is 3.55. The van der Waals surface area contributed by atoms with Crippen molar-refractivity contribution in [1.29, 1.82) is 0 Å². The van der Waals surface area contributed by atoms with Gasteiger partial charge in [0.15, 0.2) is 0 Å². The second-order valence-electron chi connectivity index (χ2n) is 6.95. The minimum absolute atomic E-state index is 1.10. The predicted molar refractivity (Wildman–Crippen MR) is 149 cm³/mol. The van der Waals surface area contributed by atoms with E-state index >= 15 is 0 Å². The maximum Gasteiger partial charge on any atom is 0.0233 e. The van der Waals surface area contributed by atoms with Crippen LogP contribution >= 0.6 is 0 Å². The molecule has 0 amide bonds. The van der Waals surface area contributed by atoms with Gasteiger partial charge in [-0.3, -0.25) is 4.90 Å². The first-order valence-corrected chi connectivity index (χ1v) is 13.1. The van der Waals surface area contributed by atoms with Gasteiger partial charge in [-0.25, -0.2) is 0 Å². The third kappa shape index (κ3) is 26.6. The Morgan fingerprint density at radius 2 is 1.42 bits per heavy atom. The molecule has 0 atom stereocenters. The summed E-state index contributed by atoms with van der Waals surface area (Å²) in [5.41, 5.74) is 4.38. The Hall–Kier alpha value is -1.34. The summed E-state index contributed by atoms with van der Waals surface area (Å²) in [7, 11) is 0. The van der Waals surface area contributed by atoms with Crippen LogP contribution in [0.25, 0.3) is 0 Å². The molecule has 0 heterocycles. The van der Waals surface area contributed by atoms with Gasteiger partial charge in [0, 0.05) is 6.54 Å². The molecule has 0 aromatic heterocycles. The van der Waals surface area contributed by atoms with Gasteiger partial charge in [-0.1, -0.05) is 105 Å². The van der Waals surface area contributed by atoms with E-state index in [-0.39, 0.29) is 0 Å². The predicted octanol–water partition coefficient (Wildman–Crippen LogP) is 10.2. The maximum atomic E-state index is 3.55. The zero-order chi connectivity index (χ0) is 24.9.